The first-order chi connectivity index (χ1) is 11.1. The standard InChI is InChI=1S/C17H26N2O3S.ClH/c1-12-14(5-4-9-18-12)19-17(20)8-10-23-13-6-7-15(21-2)16(11-13)22-3;/h6-7,11-12,14,18H,4-5,8-10H2,1-3H3,(H,19,20);1H. The van der Waals surface area contributed by atoms with Gasteiger partial charge in [0.2, 0.25) is 5.91 Å². The largest absolute Gasteiger partial charge is 0.493 e. The molecule has 1 aliphatic rings. The van der Waals surface area contributed by atoms with Crippen LogP contribution in [0.3, 0.4) is 0 Å². The first-order valence-electron chi connectivity index (χ1n) is 8.01. The van der Waals surface area contributed by atoms with Crippen LogP contribution >= 0.6 is 24.2 Å². The van der Waals surface area contributed by atoms with E-state index in [1.165, 1.54) is 0 Å². The Balaban J connectivity index is 0.00000288. The fraction of sp³-hybridized carbons (Fsp3) is 0.588. The first kappa shape index (κ1) is 20.9. The van der Waals surface area contributed by atoms with E-state index >= 15 is 0 Å². The highest BCUT2D eigenvalue weighted by molar-refractivity contribution is 7.99. The van der Waals surface area contributed by atoms with Crippen LogP contribution in [0.5, 0.6) is 11.5 Å². The van der Waals surface area contributed by atoms with E-state index in [0.717, 1.165) is 30.0 Å². The third-order valence-corrected chi connectivity index (χ3v) is 5.06. The van der Waals surface area contributed by atoms with Gasteiger partial charge in [-0.15, -0.1) is 24.2 Å². The summed E-state index contributed by atoms with van der Waals surface area (Å²) in [7, 11) is 3.25. The second-order valence-corrected chi connectivity index (χ2v) is 6.84. The van der Waals surface area contributed by atoms with Crippen LogP contribution in [-0.2, 0) is 4.79 Å². The number of piperidine rings is 1. The van der Waals surface area contributed by atoms with Gasteiger partial charge in [-0.3, -0.25) is 4.79 Å². The summed E-state index contributed by atoms with van der Waals surface area (Å²) in [6.07, 6.45) is 2.70. The Morgan fingerprint density at radius 2 is 2.08 bits per heavy atom. The fourth-order valence-electron chi connectivity index (χ4n) is 2.69. The Labute approximate surface area is 154 Å². The number of hydrogen-bond acceptors (Lipinski definition) is 5. The molecule has 0 aromatic heterocycles. The summed E-state index contributed by atoms with van der Waals surface area (Å²) in [4.78, 5) is 13.1. The van der Waals surface area contributed by atoms with Crippen molar-refractivity contribution in [2.45, 2.75) is 43.2 Å². The molecule has 0 radical (unpaired) electrons. The minimum absolute atomic E-state index is 0. The lowest BCUT2D eigenvalue weighted by Crippen LogP contribution is -2.51. The van der Waals surface area contributed by atoms with Crippen LogP contribution in [0.2, 0.25) is 0 Å². The number of benzene rings is 1. The van der Waals surface area contributed by atoms with Crippen molar-refractivity contribution in [3.05, 3.63) is 18.2 Å². The second-order valence-electron chi connectivity index (χ2n) is 5.67. The van der Waals surface area contributed by atoms with Gasteiger partial charge in [-0.1, -0.05) is 0 Å². The number of halogens is 1. The number of ether oxygens (including phenoxy) is 2. The summed E-state index contributed by atoms with van der Waals surface area (Å²) in [5, 5.41) is 6.53. The Kier molecular flexibility index (Phi) is 9.33. The van der Waals surface area contributed by atoms with Crippen molar-refractivity contribution in [3.63, 3.8) is 0 Å². The average molecular weight is 375 g/mol. The molecule has 0 saturated carbocycles. The minimum atomic E-state index is 0. The van der Waals surface area contributed by atoms with Crippen molar-refractivity contribution < 1.29 is 14.3 Å². The number of carbonyl (C=O) groups is 1. The maximum absolute atomic E-state index is 12.1. The van der Waals surface area contributed by atoms with Gasteiger partial charge in [0, 0.05) is 29.2 Å². The highest BCUT2D eigenvalue weighted by Crippen LogP contribution is 2.32. The molecule has 5 nitrogen and oxygen atoms in total. The number of hydrogen-bond donors (Lipinski definition) is 2. The third-order valence-electron chi connectivity index (χ3n) is 4.06. The molecule has 1 fully saturated rings. The van der Waals surface area contributed by atoms with Crippen LogP contribution in [0.1, 0.15) is 26.2 Å². The molecule has 1 amide bonds. The van der Waals surface area contributed by atoms with E-state index in [-0.39, 0.29) is 24.4 Å². The predicted octanol–water partition coefficient (Wildman–Crippen LogP) is 2.86. The highest BCUT2D eigenvalue weighted by Gasteiger charge is 2.21. The van der Waals surface area contributed by atoms with Crippen molar-refractivity contribution in [2.24, 2.45) is 0 Å². The lowest BCUT2D eigenvalue weighted by molar-refractivity contribution is -0.121. The zero-order valence-electron chi connectivity index (χ0n) is 14.5. The number of methoxy groups -OCH3 is 2. The molecule has 1 heterocycles. The maximum atomic E-state index is 12.1. The average Bonchev–Trinajstić information content (AvgIpc) is 2.56. The van der Waals surface area contributed by atoms with Crippen molar-refractivity contribution in [2.75, 3.05) is 26.5 Å². The molecule has 24 heavy (non-hydrogen) atoms. The zero-order chi connectivity index (χ0) is 16.7. The van der Waals surface area contributed by atoms with Gasteiger partial charge in [0.05, 0.1) is 14.2 Å². The molecule has 1 aliphatic heterocycles. The van der Waals surface area contributed by atoms with E-state index in [2.05, 4.69) is 17.6 Å². The van der Waals surface area contributed by atoms with E-state index in [1.54, 1.807) is 26.0 Å². The fourth-order valence-corrected chi connectivity index (χ4v) is 3.57. The first-order valence-corrected chi connectivity index (χ1v) is 9.00. The van der Waals surface area contributed by atoms with Gasteiger partial charge in [0.1, 0.15) is 0 Å². The van der Waals surface area contributed by atoms with Gasteiger partial charge in [0.25, 0.3) is 0 Å². The van der Waals surface area contributed by atoms with Crippen LogP contribution in [0.4, 0.5) is 0 Å². The van der Waals surface area contributed by atoms with Crippen molar-refractivity contribution in [1.82, 2.24) is 10.6 Å². The van der Waals surface area contributed by atoms with Crippen LogP contribution in [0, 0.1) is 0 Å². The quantitative estimate of drug-likeness (QED) is 0.719. The molecule has 2 unspecified atom stereocenters. The molecule has 1 saturated heterocycles. The molecule has 1 aromatic carbocycles. The number of nitrogens with one attached hydrogen (secondary N) is 2. The van der Waals surface area contributed by atoms with Crippen molar-refractivity contribution in [3.8, 4) is 11.5 Å². The molecule has 2 rings (SSSR count). The minimum Gasteiger partial charge on any atom is -0.493 e. The van der Waals surface area contributed by atoms with Crippen LogP contribution in [-0.4, -0.2) is 44.5 Å². The Hall–Kier alpha value is -1.11. The molecule has 7 heteroatoms. The monoisotopic (exact) mass is 374 g/mol. The van der Waals surface area contributed by atoms with Gasteiger partial charge in [-0.05, 0) is 44.5 Å². The SMILES string of the molecule is COc1ccc(SCCC(=O)NC2CCCNC2C)cc1OC.Cl. The van der Waals surface area contributed by atoms with E-state index < -0.39 is 0 Å². The molecule has 0 aliphatic carbocycles. The summed E-state index contributed by atoms with van der Waals surface area (Å²) >= 11 is 1.65. The molecule has 136 valence electrons. The van der Waals surface area contributed by atoms with E-state index in [1.807, 2.05) is 18.2 Å². The smallest absolute Gasteiger partial charge is 0.221 e. The Bertz CT molecular complexity index is 531. The van der Waals surface area contributed by atoms with Crippen LogP contribution in [0.25, 0.3) is 0 Å². The lowest BCUT2D eigenvalue weighted by Gasteiger charge is -2.30. The van der Waals surface area contributed by atoms with Gasteiger partial charge in [-0.2, -0.15) is 0 Å². The number of amides is 1. The van der Waals surface area contributed by atoms with E-state index in [9.17, 15) is 4.79 Å². The summed E-state index contributed by atoms with van der Waals surface area (Å²) in [5.41, 5.74) is 0. The van der Waals surface area contributed by atoms with Crippen molar-refractivity contribution >= 4 is 30.1 Å². The number of thioether (sulfide) groups is 1. The molecule has 1 aromatic rings. The second kappa shape index (κ2) is 10.7. The van der Waals surface area contributed by atoms with Gasteiger partial charge in [0.15, 0.2) is 11.5 Å². The van der Waals surface area contributed by atoms with Gasteiger partial charge in [-0.25, -0.2) is 0 Å². The summed E-state index contributed by atoms with van der Waals surface area (Å²) in [6, 6.07) is 6.41. The summed E-state index contributed by atoms with van der Waals surface area (Å²) in [5.74, 6) is 2.30. The van der Waals surface area contributed by atoms with Gasteiger partial charge < -0.3 is 20.1 Å². The van der Waals surface area contributed by atoms with Gasteiger partial charge >= 0.3 is 0 Å². The zero-order valence-corrected chi connectivity index (χ0v) is 16.1. The highest BCUT2D eigenvalue weighted by atomic mass is 35.5. The molecule has 0 bridgehead atoms. The maximum Gasteiger partial charge on any atom is 0.221 e. The van der Waals surface area contributed by atoms with Crippen LogP contribution < -0.4 is 20.1 Å². The Morgan fingerprint density at radius 1 is 1.33 bits per heavy atom. The van der Waals surface area contributed by atoms with E-state index in [4.69, 9.17) is 9.47 Å². The topological polar surface area (TPSA) is 59.6 Å². The summed E-state index contributed by atoms with van der Waals surface area (Å²) in [6.45, 7) is 3.17. The third kappa shape index (κ3) is 6.07. The normalized spacial score (nSPS) is 20.0. The molecular weight excluding hydrogens is 348 g/mol. The lowest BCUT2D eigenvalue weighted by atomic mass is 10.00. The van der Waals surface area contributed by atoms with Crippen LogP contribution in [0.15, 0.2) is 23.1 Å². The number of rotatable bonds is 7. The molecule has 2 atom stereocenters. The number of carbonyl (C=O) groups excluding carboxylic acids is 1. The Morgan fingerprint density at radius 3 is 2.75 bits per heavy atom. The molecule has 0 spiro atoms. The van der Waals surface area contributed by atoms with Crippen molar-refractivity contribution in [1.29, 1.82) is 0 Å². The summed E-state index contributed by atoms with van der Waals surface area (Å²) < 4.78 is 10.5. The predicted molar refractivity (Wildman–Crippen MR) is 101 cm³/mol. The molecule has 2 N–H and O–H groups in total. The molecular formula is C17H27ClN2O3S. The van der Waals surface area contributed by atoms with E-state index in [0.29, 0.717) is 24.0 Å².